The standard InChI is InChI=1S/C17H20N4O4/c1-12(25-14-2-3-15-16(8-14)24-11-23-15)17(22)20-6-4-13(5-7-20)21-9-18-19-10-21/h2-3,8-10,12-13H,4-7,11H2,1H3/t12-/m1/s1. The van der Waals surface area contributed by atoms with E-state index in [2.05, 4.69) is 10.2 Å². The highest BCUT2D eigenvalue weighted by Gasteiger charge is 2.28. The SMILES string of the molecule is C[C@@H](Oc1ccc2c(c1)OCO2)C(=O)N1CCC(n2cnnc2)CC1. The van der Waals surface area contributed by atoms with Crippen LogP contribution in [0.5, 0.6) is 17.2 Å². The van der Waals surface area contributed by atoms with Gasteiger partial charge in [-0.3, -0.25) is 4.79 Å². The third-order valence-electron chi connectivity index (χ3n) is 4.64. The Bertz CT molecular complexity index is 741. The van der Waals surface area contributed by atoms with Gasteiger partial charge in [-0.15, -0.1) is 10.2 Å². The van der Waals surface area contributed by atoms with Crippen LogP contribution in [0, 0.1) is 0 Å². The van der Waals surface area contributed by atoms with Crippen LogP contribution in [0.1, 0.15) is 25.8 Å². The third kappa shape index (κ3) is 3.24. The third-order valence-corrected chi connectivity index (χ3v) is 4.64. The van der Waals surface area contributed by atoms with Crippen molar-refractivity contribution in [1.29, 1.82) is 0 Å². The normalized spacial score (nSPS) is 18.2. The molecule has 2 aliphatic heterocycles. The average Bonchev–Trinajstić information content (AvgIpc) is 3.32. The molecule has 25 heavy (non-hydrogen) atoms. The molecule has 1 saturated heterocycles. The van der Waals surface area contributed by atoms with E-state index in [-0.39, 0.29) is 12.7 Å². The Balaban J connectivity index is 1.33. The van der Waals surface area contributed by atoms with Gasteiger partial charge in [0.05, 0.1) is 0 Å². The van der Waals surface area contributed by atoms with E-state index in [4.69, 9.17) is 14.2 Å². The smallest absolute Gasteiger partial charge is 0.263 e. The number of ether oxygens (including phenoxy) is 3. The number of carbonyl (C=O) groups excluding carboxylic acids is 1. The molecule has 3 heterocycles. The second kappa shape index (κ2) is 6.62. The molecule has 2 aliphatic rings. The Morgan fingerprint density at radius 1 is 1.20 bits per heavy atom. The van der Waals surface area contributed by atoms with Crippen molar-refractivity contribution in [3.05, 3.63) is 30.9 Å². The molecule has 132 valence electrons. The molecule has 0 N–H and O–H groups in total. The first-order valence-electron chi connectivity index (χ1n) is 8.40. The molecule has 0 radical (unpaired) electrons. The first-order valence-corrected chi connectivity index (χ1v) is 8.40. The number of aromatic nitrogens is 3. The van der Waals surface area contributed by atoms with Crippen LogP contribution >= 0.6 is 0 Å². The molecule has 1 aromatic carbocycles. The molecular formula is C17H20N4O4. The molecule has 8 nitrogen and oxygen atoms in total. The summed E-state index contributed by atoms with van der Waals surface area (Å²) in [6.45, 7) is 3.40. The minimum Gasteiger partial charge on any atom is -0.481 e. The first-order chi connectivity index (χ1) is 12.2. The molecule has 8 heteroatoms. The summed E-state index contributed by atoms with van der Waals surface area (Å²) in [6.07, 6.45) is 4.69. The van der Waals surface area contributed by atoms with Crippen LogP contribution in [-0.4, -0.2) is 51.6 Å². The molecule has 4 rings (SSSR count). The van der Waals surface area contributed by atoms with E-state index in [0.717, 1.165) is 12.8 Å². The number of benzene rings is 1. The molecule has 2 aromatic rings. The largest absolute Gasteiger partial charge is 0.481 e. The van der Waals surface area contributed by atoms with Gasteiger partial charge in [0.15, 0.2) is 17.6 Å². The minimum absolute atomic E-state index is 0.000118. The predicted octanol–water partition coefficient (Wildman–Crippen LogP) is 1.64. The van der Waals surface area contributed by atoms with E-state index in [9.17, 15) is 4.79 Å². The van der Waals surface area contributed by atoms with Crippen LogP contribution in [0.4, 0.5) is 0 Å². The van der Waals surface area contributed by atoms with Crippen molar-refractivity contribution in [1.82, 2.24) is 19.7 Å². The van der Waals surface area contributed by atoms with E-state index >= 15 is 0 Å². The highest BCUT2D eigenvalue weighted by Crippen LogP contribution is 2.35. The lowest BCUT2D eigenvalue weighted by atomic mass is 10.0. The monoisotopic (exact) mass is 344 g/mol. The summed E-state index contributed by atoms with van der Waals surface area (Å²) in [5, 5.41) is 7.69. The summed E-state index contributed by atoms with van der Waals surface area (Å²) < 4.78 is 18.4. The van der Waals surface area contributed by atoms with Gasteiger partial charge < -0.3 is 23.7 Å². The van der Waals surface area contributed by atoms with Gasteiger partial charge >= 0.3 is 0 Å². The van der Waals surface area contributed by atoms with Crippen LogP contribution < -0.4 is 14.2 Å². The molecule has 0 saturated carbocycles. The number of fused-ring (bicyclic) bond motifs is 1. The lowest BCUT2D eigenvalue weighted by molar-refractivity contribution is -0.139. The molecule has 0 aliphatic carbocycles. The number of likely N-dealkylation sites (tertiary alicyclic amines) is 1. The number of hydrogen-bond donors (Lipinski definition) is 0. The fraction of sp³-hybridized carbons (Fsp3) is 0.471. The quantitative estimate of drug-likeness (QED) is 0.839. The van der Waals surface area contributed by atoms with Gasteiger partial charge in [0.2, 0.25) is 6.79 Å². The van der Waals surface area contributed by atoms with Crippen LogP contribution in [-0.2, 0) is 4.79 Å². The summed E-state index contributed by atoms with van der Waals surface area (Å²) in [6, 6.07) is 5.68. The molecule has 0 unspecified atom stereocenters. The first kappa shape index (κ1) is 15.7. The zero-order chi connectivity index (χ0) is 17.2. The Kier molecular flexibility index (Phi) is 4.17. The maximum atomic E-state index is 12.6. The molecular weight excluding hydrogens is 324 g/mol. The van der Waals surface area contributed by atoms with Gasteiger partial charge in [-0.2, -0.15) is 0 Å². The van der Waals surface area contributed by atoms with E-state index in [1.165, 1.54) is 0 Å². The number of amides is 1. The molecule has 1 fully saturated rings. The van der Waals surface area contributed by atoms with Crippen LogP contribution in [0.3, 0.4) is 0 Å². The van der Waals surface area contributed by atoms with Crippen molar-refractivity contribution in [3.63, 3.8) is 0 Å². The summed E-state index contributed by atoms with van der Waals surface area (Å²) in [7, 11) is 0. The minimum atomic E-state index is -0.549. The fourth-order valence-corrected chi connectivity index (χ4v) is 3.24. The van der Waals surface area contributed by atoms with Crippen molar-refractivity contribution in [2.75, 3.05) is 19.9 Å². The Labute approximate surface area is 145 Å². The van der Waals surface area contributed by atoms with Crippen molar-refractivity contribution in [3.8, 4) is 17.2 Å². The fourth-order valence-electron chi connectivity index (χ4n) is 3.24. The predicted molar refractivity (Wildman–Crippen MR) is 87.5 cm³/mol. The zero-order valence-electron chi connectivity index (χ0n) is 14.0. The molecule has 1 aromatic heterocycles. The summed E-state index contributed by atoms with van der Waals surface area (Å²) in [5.74, 6) is 1.94. The van der Waals surface area contributed by atoms with Gasteiger partial charge in [0.25, 0.3) is 5.91 Å². The van der Waals surface area contributed by atoms with Crippen LogP contribution in [0.2, 0.25) is 0 Å². The average molecular weight is 344 g/mol. The second-order valence-electron chi connectivity index (χ2n) is 6.24. The maximum absolute atomic E-state index is 12.6. The number of nitrogens with zero attached hydrogens (tertiary/aromatic N) is 4. The molecule has 1 amide bonds. The van der Waals surface area contributed by atoms with Gasteiger partial charge in [-0.05, 0) is 31.9 Å². The van der Waals surface area contributed by atoms with E-state index in [1.54, 1.807) is 37.8 Å². The van der Waals surface area contributed by atoms with Crippen molar-refractivity contribution >= 4 is 5.91 Å². The number of piperidine rings is 1. The topological polar surface area (TPSA) is 78.7 Å². The second-order valence-corrected chi connectivity index (χ2v) is 6.24. The van der Waals surface area contributed by atoms with Crippen molar-refractivity contribution in [2.24, 2.45) is 0 Å². The van der Waals surface area contributed by atoms with Gasteiger partial charge in [0, 0.05) is 25.2 Å². The summed E-state index contributed by atoms with van der Waals surface area (Å²) >= 11 is 0. The Hall–Kier alpha value is -2.77. The van der Waals surface area contributed by atoms with Gasteiger partial charge in [0.1, 0.15) is 18.4 Å². The van der Waals surface area contributed by atoms with Crippen LogP contribution in [0.25, 0.3) is 0 Å². The molecule has 0 bridgehead atoms. The molecule has 0 spiro atoms. The maximum Gasteiger partial charge on any atom is 0.263 e. The van der Waals surface area contributed by atoms with E-state index in [1.807, 2.05) is 9.47 Å². The van der Waals surface area contributed by atoms with E-state index in [0.29, 0.717) is 36.4 Å². The molecule has 1 atom stereocenters. The number of carbonyl (C=O) groups is 1. The lowest BCUT2D eigenvalue weighted by Crippen LogP contribution is -2.45. The number of rotatable bonds is 4. The van der Waals surface area contributed by atoms with Crippen LogP contribution in [0.15, 0.2) is 30.9 Å². The Morgan fingerprint density at radius 2 is 1.92 bits per heavy atom. The van der Waals surface area contributed by atoms with Gasteiger partial charge in [-0.25, -0.2) is 0 Å². The van der Waals surface area contributed by atoms with Crippen molar-refractivity contribution < 1.29 is 19.0 Å². The highest BCUT2D eigenvalue weighted by atomic mass is 16.7. The van der Waals surface area contributed by atoms with E-state index < -0.39 is 6.10 Å². The number of hydrogen-bond acceptors (Lipinski definition) is 6. The highest BCUT2D eigenvalue weighted by molar-refractivity contribution is 5.81. The summed E-state index contributed by atoms with van der Waals surface area (Å²) in [4.78, 5) is 14.5. The van der Waals surface area contributed by atoms with Gasteiger partial charge in [-0.1, -0.05) is 0 Å². The Morgan fingerprint density at radius 3 is 2.68 bits per heavy atom. The summed E-state index contributed by atoms with van der Waals surface area (Å²) in [5.41, 5.74) is 0. The van der Waals surface area contributed by atoms with Crippen molar-refractivity contribution in [2.45, 2.75) is 31.9 Å². The lowest BCUT2D eigenvalue weighted by Gasteiger charge is -2.33. The zero-order valence-corrected chi connectivity index (χ0v) is 14.0.